The summed E-state index contributed by atoms with van der Waals surface area (Å²) in [6.07, 6.45) is 0. The molecule has 0 aliphatic carbocycles. The molecular formula is C14H12ClF2NO2S. The predicted octanol–water partition coefficient (Wildman–Crippen LogP) is 3.53. The van der Waals surface area contributed by atoms with E-state index in [1.54, 1.807) is 0 Å². The fourth-order valence-electron chi connectivity index (χ4n) is 1.79. The molecule has 0 N–H and O–H groups in total. The maximum absolute atomic E-state index is 13.9. The molecule has 2 rings (SSSR count). The zero-order valence-electron chi connectivity index (χ0n) is 11.1. The van der Waals surface area contributed by atoms with Crippen molar-refractivity contribution in [2.24, 2.45) is 0 Å². The van der Waals surface area contributed by atoms with E-state index in [-0.39, 0.29) is 11.6 Å². The van der Waals surface area contributed by atoms with E-state index in [0.717, 1.165) is 22.5 Å². The SMILES string of the molecule is CN(c1cccc(F)c1)S(=O)(=O)c1ccc(CCl)cc1F. The van der Waals surface area contributed by atoms with Crippen molar-refractivity contribution in [3.63, 3.8) is 0 Å². The molecule has 0 aliphatic rings. The number of rotatable bonds is 4. The monoisotopic (exact) mass is 331 g/mol. The molecule has 0 saturated carbocycles. The first kappa shape index (κ1) is 15.7. The van der Waals surface area contributed by atoms with Crippen LogP contribution in [0.15, 0.2) is 47.4 Å². The van der Waals surface area contributed by atoms with Crippen LogP contribution in [0.3, 0.4) is 0 Å². The summed E-state index contributed by atoms with van der Waals surface area (Å²) in [6, 6.07) is 8.71. The van der Waals surface area contributed by atoms with Gasteiger partial charge in [0.15, 0.2) is 0 Å². The van der Waals surface area contributed by atoms with Gasteiger partial charge in [0.05, 0.1) is 5.69 Å². The average Bonchev–Trinajstić information content (AvgIpc) is 2.45. The zero-order valence-corrected chi connectivity index (χ0v) is 12.6. The minimum atomic E-state index is -4.12. The van der Waals surface area contributed by atoms with E-state index in [1.807, 2.05) is 0 Å². The van der Waals surface area contributed by atoms with Crippen LogP contribution in [0.1, 0.15) is 5.56 Å². The van der Waals surface area contributed by atoms with Crippen LogP contribution >= 0.6 is 11.6 Å². The quantitative estimate of drug-likeness (QED) is 0.804. The third-order valence-corrected chi connectivity index (χ3v) is 5.09. The number of hydrogen-bond acceptors (Lipinski definition) is 2. The van der Waals surface area contributed by atoms with Crippen molar-refractivity contribution in [3.05, 3.63) is 59.7 Å². The molecule has 0 aromatic heterocycles. The van der Waals surface area contributed by atoms with E-state index in [2.05, 4.69) is 0 Å². The Morgan fingerprint density at radius 1 is 1.14 bits per heavy atom. The predicted molar refractivity (Wildman–Crippen MR) is 77.9 cm³/mol. The Labute approximate surface area is 126 Å². The first-order valence-electron chi connectivity index (χ1n) is 5.95. The summed E-state index contributed by atoms with van der Waals surface area (Å²) < 4.78 is 52.8. The topological polar surface area (TPSA) is 37.4 Å². The molecule has 0 aliphatic heterocycles. The number of halogens is 3. The van der Waals surface area contributed by atoms with Crippen molar-refractivity contribution in [2.45, 2.75) is 10.8 Å². The Morgan fingerprint density at radius 3 is 2.43 bits per heavy atom. The Balaban J connectivity index is 2.47. The highest BCUT2D eigenvalue weighted by atomic mass is 35.5. The fourth-order valence-corrected chi connectivity index (χ4v) is 3.19. The van der Waals surface area contributed by atoms with Crippen molar-refractivity contribution < 1.29 is 17.2 Å². The van der Waals surface area contributed by atoms with Gasteiger partial charge >= 0.3 is 0 Å². The van der Waals surface area contributed by atoms with Gasteiger partial charge in [-0.3, -0.25) is 4.31 Å². The molecule has 0 atom stereocenters. The van der Waals surface area contributed by atoms with Gasteiger partial charge in [-0.05, 0) is 35.9 Å². The van der Waals surface area contributed by atoms with Crippen LogP contribution in [0.2, 0.25) is 0 Å². The minimum absolute atomic E-state index is 0.0803. The summed E-state index contributed by atoms with van der Waals surface area (Å²) in [4.78, 5) is -0.483. The normalized spacial score (nSPS) is 11.4. The highest BCUT2D eigenvalue weighted by Crippen LogP contribution is 2.25. The van der Waals surface area contributed by atoms with Crippen LogP contribution in [0.5, 0.6) is 0 Å². The second-order valence-corrected chi connectivity index (χ2v) is 6.56. The molecule has 7 heteroatoms. The van der Waals surface area contributed by atoms with Crippen molar-refractivity contribution in [1.82, 2.24) is 0 Å². The lowest BCUT2D eigenvalue weighted by molar-refractivity contribution is 0.565. The van der Waals surface area contributed by atoms with Crippen molar-refractivity contribution in [2.75, 3.05) is 11.4 Å². The number of alkyl halides is 1. The maximum Gasteiger partial charge on any atom is 0.266 e. The summed E-state index contributed by atoms with van der Waals surface area (Å²) in [5, 5.41) is 0. The smallest absolute Gasteiger partial charge is 0.266 e. The summed E-state index contributed by atoms with van der Waals surface area (Å²) >= 11 is 5.57. The Hall–Kier alpha value is -1.66. The van der Waals surface area contributed by atoms with Gasteiger partial charge in [-0.25, -0.2) is 17.2 Å². The fraction of sp³-hybridized carbons (Fsp3) is 0.143. The van der Waals surface area contributed by atoms with Crippen molar-refractivity contribution in [3.8, 4) is 0 Å². The maximum atomic E-state index is 13.9. The molecule has 0 heterocycles. The molecule has 0 saturated heterocycles. The van der Waals surface area contributed by atoms with Gasteiger partial charge < -0.3 is 0 Å². The number of hydrogen-bond donors (Lipinski definition) is 0. The van der Waals surface area contributed by atoms with E-state index < -0.39 is 26.6 Å². The summed E-state index contributed by atoms with van der Waals surface area (Å²) in [5.41, 5.74) is 0.581. The van der Waals surface area contributed by atoms with Crippen LogP contribution in [-0.4, -0.2) is 15.5 Å². The van der Waals surface area contributed by atoms with Crippen LogP contribution in [0, 0.1) is 11.6 Å². The lowest BCUT2D eigenvalue weighted by Gasteiger charge is -2.20. The van der Waals surface area contributed by atoms with Gasteiger partial charge in [0.25, 0.3) is 10.0 Å². The number of anilines is 1. The van der Waals surface area contributed by atoms with Crippen molar-refractivity contribution >= 4 is 27.3 Å². The minimum Gasteiger partial charge on any atom is -0.269 e. The van der Waals surface area contributed by atoms with E-state index in [9.17, 15) is 17.2 Å². The van der Waals surface area contributed by atoms with Gasteiger partial charge in [0.1, 0.15) is 16.5 Å². The average molecular weight is 332 g/mol. The highest BCUT2D eigenvalue weighted by Gasteiger charge is 2.25. The van der Waals surface area contributed by atoms with Crippen LogP contribution in [-0.2, 0) is 15.9 Å². The molecule has 0 fully saturated rings. The standard InChI is InChI=1S/C14H12ClF2NO2S/c1-18(12-4-2-3-11(16)8-12)21(19,20)14-6-5-10(9-15)7-13(14)17/h2-8H,9H2,1H3. The van der Waals surface area contributed by atoms with E-state index in [1.165, 1.54) is 31.3 Å². The molecule has 2 aromatic rings. The van der Waals surface area contributed by atoms with Crippen LogP contribution in [0.4, 0.5) is 14.5 Å². The summed E-state index contributed by atoms with van der Waals surface area (Å²) in [6.45, 7) is 0. The molecule has 0 spiro atoms. The molecule has 3 nitrogen and oxygen atoms in total. The lowest BCUT2D eigenvalue weighted by atomic mass is 10.2. The molecule has 0 bridgehead atoms. The first-order chi connectivity index (χ1) is 9.86. The number of nitrogens with zero attached hydrogens (tertiary/aromatic N) is 1. The first-order valence-corrected chi connectivity index (χ1v) is 7.92. The van der Waals surface area contributed by atoms with Crippen molar-refractivity contribution in [1.29, 1.82) is 0 Å². The Kier molecular flexibility index (Phi) is 4.49. The largest absolute Gasteiger partial charge is 0.269 e. The lowest BCUT2D eigenvalue weighted by Crippen LogP contribution is -2.27. The molecule has 0 unspecified atom stereocenters. The van der Waals surface area contributed by atoms with E-state index in [0.29, 0.717) is 5.56 Å². The van der Waals surface area contributed by atoms with Gasteiger partial charge in [-0.1, -0.05) is 12.1 Å². The molecule has 112 valence electrons. The Morgan fingerprint density at radius 2 is 1.86 bits per heavy atom. The third-order valence-electron chi connectivity index (χ3n) is 2.96. The second kappa shape index (κ2) is 5.99. The van der Waals surface area contributed by atoms with Gasteiger partial charge in [-0.15, -0.1) is 11.6 Å². The molecule has 0 amide bonds. The van der Waals surface area contributed by atoms with Crippen LogP contribution < -0.4 is 4.31 Å². The van der Waals surface area contributed by atoms with Gasteiger partial charge in [0, 0.05) is 12.9 Å². The third kappa shape index (κ3) is 3.16. The van der Waals surface area contributed by atoms with Gasteiger partial charge in [0.2, 0.25) is 0 Å². The zero-order chi connectivity index (χ0) is 15.6. The molecule has 21 heavy (non-hydrogen) atoms. The van der Waals surface area contributed by atoms with E-state index in [4.69, 9.17) is 11.6 Å². The van der Waals surface area contributed by atoms with E-state index >= 15 is 0 Å². The summed E-state index contributed by atoms with van der Waals surface area (Å²) in [5.74, 6) is -1.39. The molecule has 2 aromatic carbocycles. The highest BCUT2D eigenvalue weighted by molar-refractivity contribution is 7.92. The molecular weight excluding hydrogens is 320 g/mol. The number of benzene rings is 2. The van der Waals surface area contributed by atoms with Crippen LogP contribution in [0.25, 0.3) is 0 Å². The molecule has 0 radical (unpaired) electrons. The Bertz CT molecular complexity index is 765. The van der Waals surface area contributed by atoms with Gasteiger partial charge in [-0.2, -0.15) is 0 Å². The second-order valence-electron chi connectivity index (χ2n) is 4.35. The number of sulfonamides is 1. The summed E-state index contributed by atoms with van der Waals surface area (Å²) in [7, 11) is -2.88.